The van der Waals surface area contributed by atoms with Crippen molar-refractivity contribution in [3.05, 3.63) is 12.4 Å². The lowest BCUT2D eigenvalue weighted by Crippen LogP contribution is -2.52. The fraction of sp³-hybridized carbons (Fsp3) is 0.692. The number of hydrogen-bond acceptors (Lipinski definition) is 4. The molecule has 1 fully saturated rings. The third-order valence-electron chi connectivity index (χ3n) is 2.51. The van der Waals surface area contributed by atoms with Crippen molar-refractivity contribution in [2.75, 3.05) is 18.8 Å². The molecule has 0 radical (unpaired) electrons. The first-order valence-electron chi connectivity index (χ1n) is 6.63. The molecular weight excluding hydrogens is 244 g/mol. The fourth-order valence-corrected chi connectivity index (χ4v) is 1.65. The van der Waals surface area contributed by atoms with Crippen molar-refractivity contribution in [2.24, 2.45) is 0 Å². The van der Waals surface area contributed by atoms with Crippen LogP contribution in [0.15, 0.2) is 12.4 Å². The molecular formula is C13H24N4O2. The summed E-state index contributed by atoms with van der Waals surface area (Å²) in [5.74, 6) is 0. The van der Waals surface area contributed by atoms with Gasteiger partial charge in [-0.25, -0.2) is 4.79 Å². The number of hydrogen-bond donors (Lipinski definition) is 1. The highest BCUT2D eigenvalue weighted by molar-refractivity contribution is 5.69. The van der Waals surface area contributed by atoms with Crippen molar-refractivity contribution < 1.29 is 9.53 Å². The van der Waals surface area contributed by atoms with Gasteiger partial charge < -0.3 is 15.4 Å². The van der Waals surface area contributed by atoms with Crippen LogP contribution in [-0.4, -0.2) is 39.5 Å². The molecule has 1 aromatic rings. The number of nitrogens with two attached hydrogens (primary N) is 1. The highest BCUT2D eigenvalue weighted by Gasteiger charge is 2.35. The Kier molecular flexibility index (Phi) is 4.80. The minimum absolute atomic E-state index is 0.208. The fourth-order valence-electron chi connectivity index (χ4n) is 1.65. The van der Waals surface area contributed by atoms with E-state index in [1.54, 1.807) is 22.0 Å². The van der Waals surface area contributed by atoms with Crippen LogP contribution < -0.4 is 5.73 Å². The summed E-state index contributed by atoms with van der Waals surface area (Å²) in [6.45, 7) is 10.8. The van der Waals surface area contributed by atoms with E-state index in [2.05, 4.69) is 5.10 Å². The van der Waals surface area contributed by atoms with Crippen LogP contribution in [-0.2, 0) is 4.74 Å². The van der Waals surface area contributed by atoms with Crippen LogP contribution >= 0.6 is 0 Å². The predicted molar refractivity (Wildman–Crippen MR) is 74.8 cm³/mol. The second-order valence-corrected chi connectivity index (χ2v) is 5.29. The first kappa shape index (κ1) is 15.3. The Morgan fingerprint density at radius 3 is 2.42 bits per heavy atom. The molecule has 0 spiro atoms. The van der Waals surface area contributed by atoms with Gasteiger partial charge in [0, 0.05) is 19.3 Å². The van der Waals surface area contributed by atoms with Crippen molar-refractivity contribution in [3.8, 4) is 0 Å². The number of likely N-dealkylation sites (tertiary alicyclic amines) is 1. The van der Waals surface area contributed by atoms with Crippen LogP contribution in [0, 0.1) is 0 Å². The smallest absolute Gasteiger partial charge is 0.410 e. The topological polar surface area (TPSA) is 73.4 Å². The van der Waals surface area contributed by atoms with Crippen LogP contribution in [0.3, 0.4) is 0 Å². The maximum atomic E-state index is 11.7. The van der Waals surface area contributed by atoms with Gasteiger partial charge in [-0.05, 0) is 20.8 Å². The number of rotatable bonds is 1. The van der Waals surface area contributed by atoms with Gasteiger partial charge in [0.25, 0.3) is 0 Å². The minimum Gasteiger partial charge on any atom is -0.444 e. The average Bonchev–Trinajstić information content (AvgIpc) is 2.63. The molecule has 1 amide bonds. The monoisotopic (exact) mass is 268 g/mol. The van der Waals surface area contributed by atoms with E-state index in [4.69, 9.17) is 10.5 Å². The molecule has 1 aliphatic heterocycles. The van der Waals surface area contributed by atoms with E-state index >= 15 is 0 Å². The van der Waals surface area contributed by atoms with Crippen LogP contribution in [0.2, 0.25) is 0 Å². The van der Waals surface area contributed by atoms with E-state index in [-0.39, 0.29) is 12.1 Å². The normalized spacial score (nSPS) is 15.3. The summed E-state index contributed by atoms with van der Waals surface area (Å²) in [5, 5.41) is 4.12. The van der Waals surface area contributed by atoms with Crippen molar-refractivity contribution in [1.29, 1.82) is 0 Å². The lowest BCUT2D eigenvalue weighted by Gasteiger charge is -2.39. The third-order valence-corrected chi connectivity index (χ3v) is 2.51. The molecule has 2 N–H and O–H groups in total. The molecule has 2 rings (SSSR count). The second-order valence-electron chi connectivity index (χ2n) is 5.29. The Morgan fingerprint density at radius 2 is 2.00 bits per heavy atom. The summed E-state index contributed by atoms with van der Waals surface area (Å²) in [6.07, 6.45) is 3.11. The van der Waals surface area contributed by atoms with Crippen LogP contribution in [0.5, 0.6) is 0 Å². The Morgan fingerprint density at radius 1 is 1.42 bits per heavy atom. The summed E-state index contributed by atoms with van der Waals surface area (Å²) < 4.78 is 7.05. The van der Waals surface area contributed by atoms with E-state index in [0.717, 1.165) is 0 Å². The molecule has 19 heavy (non-hydrogen) atoms. The molecule has 6 heteroatoms. The zero-order valence-corrected chi connectivity index (χ0v) is 12.4. The molecule has 0 bridgehead atoms. The SMILES string of the molecule is CC.CC(C)(C)OC(=O)N1CC(n2cc(N)cn2)C1. The number of nitrogens with zero attached hydrogens (tertiary/aromatic N) is 3. The van der Waals surface area contributed by atoms with Gasteiger partial charge in [0.05, 0.1) is 17.9 Å². The summed E-state index contributed by atoms with van der Waals surface area (Å²) in [5.41, 5.74) is 5.78. The zero-order chi connectivity index (χ0) is 14.6. The number of nitrogen functional groups attached to an aromatic ring is 1. The van der Waals surface area contributed by atoms with Gasteiger partial charge in [0.1, 0.15) is 5.60 Å². The van der Waals surface area contributed by atoms with Crippen molar-refractivity contribution in [1.82, 2.24) is 14.7 Å². The molecule has 0 saturated carbocycles. The standard InChI is InChI=1S/C11H18N4O2.C2H6/c1-11(2,3)17-10(16)14-6-9(7-14)15-5-8(12)4-13-15;1-2/h4-5,9H,6-7,12H2,1-3H3;1-2H3. The van der Waals surface area contributed by atoms with E-state index in [9.17, 15) is 4.79 Å². The van der Waals surface area contributed by atoms with Gasteiger partial charge >= 0.3 is 6.09 Å². The minimum atomic E-state index is -0.446. The lowest BCUT2D eigenvalue weighted by atomic mass is 10.1. The average molecular weight is 268 g/mol. The van der Waals surface area contributed by atoms with Gasteiger partial charge in [-0.15, -0.1) is 0 Å². The van der Waals surface area contributed by atoms with E-state index in [1.807, 2.05) is 34.6 Å². The summed E-state index contributed by atoms with van der Waals surface area (Å²) in [7, 11) is 0. The van der Waals surface area contributed by atoms with Crippen LogP contribution in [0.25, 0.3) is 0 Å². The van der Waals surface area contributed by atoms with Gasteiger partial charge in [-0.3, -0.25) is 4.68 Å². The van der Waals surface area contributed by atoms with Crippen LogP contribution in [0.4, 0.5) is 10.5 Å². The molecule has 108 valence electrons. The summed E-state index contributed by atoms with van der Waals surface area (Å²) in [4.78, 5) is 13.3. The van der Waals surface area contributed by atoms with Gasteiger partial charge in [-0.1, -0.05) is 13.8 Å². The van der Waals surface area contributed by atoms with E-state index in [1.165, 1.54) is 0 Å². The molecule has 0 aromatic carbocycles. The number of carbonyl (C=O) groups excluding carboxylic acids is 1. The lowest BCUT2D eigenvalue weighted by molar-refractivity contribution is -0.000376. The first-order valence-corrected chi connectivity index (χ1v) is 6.63. The number of aromatic nitrogens is 2. The van der Waals surface area contributed by atoms with Gasteiger partial charge in [0.15, 0.2) is 0 Å². The Bertz CT molecular complexity index is 417. The van der Waals surface area contributed by atoms with Crippen molar-refractivity contribution in [3.63, 3.8) is 0 Å². The molecule has 2 heterocycles. The predicted octanol–water partition coefficient (Wildman–Crippen LogP) is 2.28. The van der Waals surface area contributed by atoms with Crippen molar-refractivity contribution in [2.45, 2.75) is 46.3 Å². The number of ether oxygens (including phenoxy) is 1. The number of anilines is 1. The molecule has 1 saturated heterocycles. The largest absolute Gasteiger partial charge is 0.444 e. The third kappa shape index (κ3) is 4.15. The van der Waals surface area contributed by atoms with E-state index in [0.29, 0.717) is 18.8 Å². The zero-order valence-electron chi connectivity index (χ0n) is 12.4. The molecule has 0 atom stereocenters. The maximum absolute atomic E-state index is 11.7. The molecule has 1 aromatic heterocycles. The maximum Gasteiger partial charge on any atom is 0.410 e. The molecule has 0 aliphatic carbocycles. The van der Waals surface area contributed by atoms with Crippen molar-refractivity contribution >= 4 is 11.8 Å². The molecule has 0 unspecified atom stereocenters. The number of amides is 1. The Balaban J connectivity index is 0.000000861. The highest BCUT2D eigenvalue weighted by Crippen LogP contribution is 2.23. The van der Waals surface area contributed by atoms with Crippen LogP contribution in [0.1, 0.15) is 40.7 Å². The molecule has 1 aliphatic rings. The summed E-state index contributed by atoms with van der Waals surface area (Å²) >= 11 is 0. The summed E-state index contributed by atoms with van der Waals surface area (Å²) in [6, 6.07) is 0.208. The Hall–Kier alpha value is -1.72. The first-order chi connectivity index (χ1) is 8.85. The van der Waals surface area contributed by atoms with Gasteiger partial charge in [0.2, 0.25) is 0 Å². The van der Waals surface area contributed by atoms with Gasteiger partial charge in [-0.2, -0.15) is 5.10 Å². The second kappa shape index (κ2) is 5.95. The quantitative estimate of drug-likeness (QED) is 0.848. The highest BCUT2D eigenvalue weighted by atomic mass is 16.6. The Labute approximate surface area is 114 Å². The van der Waals surface area contributed by atoms with E-state index < -0.39 is 5.60 Å². The number of carbonyl (C=O) groups is 1. The molecule has 6 nitrogen and oxygen atoms in total.